The van der Waals surface area contributed by atoms with Gasteiger partial charge in [-0.3, -0.25) is 9.59 Å². The number of carbonyl (C=O) groups is 2. The van der Waals surface area contributed by atoms with Crippen molar-refractivity contribution in [1.29, 1.82) is 0 Å². The second-order valence-electron chi connectivity index (χ2n) is 7.26. The Bertz CT molecular complexity index is 988. The van der Waals surface area contributed by atoms with Crippen LogP contribution in [0.2, 0.25) is 0 Å². The lowest BCUT2D eigenvalue weighted by molar-refractivity contribution is -0.137. The Morgan fingerprint density at radius 2 is 1.93 bits per heavy atom. The molecule has 0 bridgehead atoms. The Morgan fingerprint density at radius 3 is 2.63 bits per heavy atom. The van der Waals surface area contributed by atoms with Crippen molar-refractivity contribution in [2.75, 3.05) is 13.1 Å². The lowest BCUT2D eigenvalue weighted by Crippen LogP contribution is -2.33. The van der Waals surface area contributed by atoms with Crippen LogP contribution in [0.25, 0.3) is 0 Å². The molecular formula is C23H21F3N2O2. The molecule has 3 rings (SSSR count). The van der Waals surface area contributed by atoms with Crippen LogP contribution in [-0.2, 0) is 22.3 Å². The van der Waals surface area contributed by atoms with Crippen LogP contribution in [0, 0.1) is 24.7 Å². The van der Waals surface area contributed by atoms with Crippen LogP contribution < -0.4 is 5.32 Å². The second-order valence-corrected chi connectivity index (χ2v) is 7.26. The SMILES string of the molecule is Cc1ccc(CN2CC(C(=O)NCC#Cc3cccc(C(F)(F)F)c3)CC2=O)cc1. The third-order valence-electron chi connectivity index (χ3n) is 4.85. The van der Waals surface area contributed by atoms with E-state index in [1.165, 1.54) is 12.1 Å². The number of nitrogens with zero attached hydrogens (tertiary/aromatic N) is 1. The highest BCUT2D eigenvalue weighted by Crippen LogP contribution is 2.29. The number of nitrogens with one attached hydrogen (secondary N) is 1. The number of rotatable bonds is 4. The van der Waals surface area contributed by atoms with E-state index < -0.39 is 17.7 Å². The fourth-order valence-corrected chi connectivity index (χ4v) is 3.21. The molecule has 0 aromatic heterocycles. The summed E-state index contributed by atoms with van der Waals surface area (Å²) in [6.45, 7) is 2.77. The number of likely N-dealkylation sites (tertiary alicyclic amines) is 1. The van der Waals surface area contributed by atoms with Crippen LogP contribution in [0.3, 0.4) is 0 Å². The van der Waals surface area contributed by atoms with Gasteiger partial charge in [-0.25, -0.2) is 0 Å². The number of benzene rings is 2. The van der Waals surface area contributed by atoms with Crippen molar-refractivity contribution >= 4 is 11.8 Å². The topological polar surface area (TPSA) is 49.4 Å². The van der Waals surface area contributed by atoms with Gasteiger partial charge in [-0.05, 0) is 30.7 Å². The lowest BCUT2D eigenvalue weighted by atomic mass is 10.1. The summed E-state index contributed by atoms with van der Waals surface area (Å²) in [5.41, 5.74) is 1.59. The van der Waals surface area contributed by atoms with E-state index in [9.17, 15) is 22.8 Å². The van der Waals surface area contributed by atoms with Crippen molar-refractivity contribution in [3.8, 4) is 11.8 Å². The molecule has 2 amide bonds. The van der Waals surface area contributed by atoms with Gasteiger partial charge >= 0.3 is 6.18 Å². The quantitative estimate of drug-likeness (QED) is 0.779. The fraction of sp³-hybridized carbons (Fsp3) is 0.304. The van der Waals surface area contributed by atoms with E-state index >= 15 is 0 Å². The number of halogens is 3. The van der Waals surface area contributed by atoms with Gasteiger partial charge in [-0.2, -0.15) is 13.2 Å². The Morgan fingerprint density at radius 1 is 1.20 bits per heavy atom. The van der Waals surface area contributed by atoms with Gasteiger partial charge in [-0.15, -0.1) is 0 Å². The average Bonchev–Trinajstić information content (AvgIpc) is 3.07. The van der Waals surface area contributed by atoms with Crippen LogP contribution >= 0.6 is 0 Å². The summed E-state index contributed by atoms with van der Waals surface area (Å²) < 4.78 is 38.1. The molecule has 7 heteroatoms. The van der Waals surface area contributed by atoms with E-state index in [1.54, 1.807) is 4.90 Å². The Balaban J connectivity index is 1.51. The van der Waals surface area contributed by atoms with E-state index in [-0.39, 0.29) is 30.3 Å². The molecule has 1 N–H and O–H groups in total. The molecule has 0 saturated carbocycles. The monoisotopic (exact) mass is 414 g/mol. The number of amides is 2. The minimum Gasteiger partial charge on any atom is -0.345 e. The third kappa shape index (κ3) is 5.63. The standard InChI is InChI=1S/C23H21F3N2O2/c1-16-7-9-18(10-8-16)14-28-15-19(13-21(28)29)22(30)27-11-3-5-17-4-2-6-20(12-17)23(24,25)26/h2,4,6-10,12,19H,11,13-15H2,1H3,(H,27,30). The van der Waals surface area contributed by atoms with Crippen molar-refractivity contribution < 1.29 is 22.8 Å². The zero-order chi connectivity index (χ0) is 21.7. The average molecular weight is 414 g/mol. The van der Waals surface area contributed by atoms with Gasteiger partial charge in [0, 0.05) is 25.1 Å². The molecule has 1 saturated heterocycles. The van der Waals surface area contributed by atoms with Gasteiger partial charge in [0.25, 0.3) is 0 Å². The Labute approximate surface area is 173 Å². The molecule has 0 aliphatic carbocycles. The largest absolute Gasteiger partial charge is 0.416 e. The second kappa shape index (κ2) is 9.04. The number of carbonyl (C=O) groups excluding carboxylic acids is 2. The van der Waals surface area contributed by atoms with Gasteiger partial charge in [0.1, 0.15) is 0 Å². The van der Waals surface area contributed by atoms with Crippen molar-refractivity contribution in [3.63, 3.8) is 0 Å². The minimum absolute atomic E-state index is 0.00225. The normalized spacial score (nSPS) is 16.2. The first-order valence-corrected chi connectivity index (χ1v) is 9.49. The van der Waals surface area contributed by atoms with E-state index in [1.807, 2.05) is 31.2 Å². The molecule has 1 fully saturated rings. The molecule has 2 aromatic carbocycles. The first-order chi connectivity index (χ1) is 14.2. The van der Waals surface area contributed by atoms with Crippen molar-refractivity contribution in [1.82, 2.24) is 10.2 Å². The zero-order valence-corrected chi connectivity index (χ0v) is 16.4. The van der Waals surface area contributed by atoms with Crippen LogP contribution in [0.1, 0.15) is 28.7 Å². The fourth-order valence-electron chi connectivity index (χ4n) is 3.21. The zero-order valence-electron chi connectivity index (χ0n) is 16.4. The number of aryl methyl sites for hydroxylation is 1. The molecule has 156 valence electrons. The highest BCUT2D eigenvalue weighted by molar-refractivity contribution is 5.89. The summed E-state index contributed by atoms with van der Waals surface area (Å²) in [4.78, 5) is 26.2. The Kier molecular flexibility index (Phi) is 6.46. The molecule has 1 unspecified atom stereocenters. The van der Waals surface area contributed by atoms with Gasteiger partial charge in [-0.1, -0.05) is 47.7 Å². The van der Waals surface area contributed by atoms with Crippen molar-refractivity contribution in [2.45, 2.75) is 26.1 Å². The summed E-state index contributed by atoms with van der Waals surface area (Å²) in [6.07, 6.45) is -4.29. The molecule has 1 aliphatic rings. The van der Waals surface area contributed by atoms with Crippen LogP contribution in [0.5, 0.6) is 0 Å². The highest BCUT2D eigenvalue weighted by atomic mass is 19.4. The number of hydrogen-bond donors (Lipinski definition) is 1. The van der Waals surface area contributed by atoms with Gasteiger partial charge in [0.2, 0.25) is 11.8 Å². The van der Waals surface area contributed by atoms with Gasteiger partial charge < -0.3 is 10.2 Å². The third-order valence-corrected chi connectivity index (χ3v) is 4.85. The van der Waals surface area contributed by atoms with E-state index in [0.717, 1.165) is 23.3 Å². The first kappa shape index (κ1) is 21.4. The predicted molar refractivity (Wildman–Crippen MR) is 106 cm³/mol. The summed E-state index contributed by atoms with van der Waals surface area (Å²) in [6, 6.07) is 12.6. The molecular weight excluding hydrogens is 393 g/mol. The maximum absolute atomic E-state index is 12.7. The molecule has 1 heterocycles. The molecule has 4 nitrogen and oxygen atoms in total. The van der Waals surface area contributed by atoms with E-state index in [4.69, 9.17) is 0 Å². The van der Waals surface area contributed by atoms with Crippen molar-refractivity contribution in [2.24, 2.45) is 5.92 Å². The molecule has 1 atom stereocenters. The summed E-state index contributed by atoms with van der Waals surface area (Å²) in [5.74, 6) is 4.45. The Hall–Kier alpha value is -3.27. The van der Waals surface area contributed by atoms with Crippen LogP contribution in [0.15, 0.2) is 48.5 Å². The van der Waals surface area contributed by atoms with Gasteiger partial charge in [0.05, 0.1) is 18.0 Å². The molecule has 1 aliphatic heterocycles. The molecule has 30 heavy (non-hydrogen) atoms. The summed E-state index contributed by atoms with van der Waals surface area (Å²) in [5, 5.41) is 2.64. The summed E-state index contributed by atoms with van der Waals surface area (Å²) >= 11 is 0. The predicted octanol–water partition coefficient (Wildman–Crippen LogP) is 3.53. The van der Waals surface area contributed by atoms with E-state index in [0.29, 0.717) is 13.1 Å². The lowest BCUT2D eigenvalue weighted by Gasteiger charge is -2.16. The van der Waals surface area contributed by atoms with Crippen LogP contribution in [0.4, 0.5) is 13.2 Å². The smallest absolute Gasteiger partial charge is 0.345 e. The highest BCUT2D eigenvalue weighted by Gasteiger charge is 2.34. The van der Waals surface area contributed by atoms with Gasteiger partial charge in [0.15, 0.2) is 0 Å². The first-order valence-electron chi connectivity index (χ1n) is 9.49. The van der Waals surface area contributed by atoms with Crippen LogP contribution in [-0.4, -0.2) is 29.8 Å². The van der Waals surface area contributed by atoms with E-state index in [2.05, 4.69) is 17.2 Å². The summed E-state index contributed by atoms with van der Waals surface area (Å²) in [7, 11) is 0. The minimum atomic E-state index is -4.43. The maximum Gasteiger partial charge on any atom is 0.416 e. The molecule has 0 radical (unpaired) electrons. The molecule has 2 aromatic rings. The number of alkyl halides is 3. The maximum atomic E-state index is 12.7. The molecule has 0 spiro atoms. The number of hydrogen-bond acceptors (Lipinski definition) is 2. The van der Waals surface area contributed by atoms with Crippen molar-refractivity contribution in [3.05, 3.63) is 70.8 Å².